The lowest BCUT2D eigenvalue weighted by molar-refractivity contribution is 0.0117. The fourth-order valence-electron chi connectivity index (χ4n) is 2.00. The molecule has 0 bridgehead atoms. The number of ether oxygens (including phenoxy) is 1. The molecule has 2 rings (SSSR count). The number of hydrogen-bond donors (Lipinski definition) is 1. The number of aliphatic hydroxyl groups excluding tert-OH is 1. The molecule has 0 aliphatic heterocycles. The van der Waals surface area contributed by atoms with Gasteiger partial charge in [-0.05, 0) is 12.6 Å². The van der Waals surface area contributed by atoms with Gasteiger partial charge in [0.25, 0.3) is 0 Å². The molecule has 0 spiro atoms. The van der Waals surface area contributed by atoms with E-state index < -0.39 is 6.10 Å². The van der Waals surface area contributed by atoms with Crippen molar-refractivity contribution in [1.82, 2.24) is 15.1 Å². The van der Waals surface area contributed by atoms with Gasteiger partial charge in [-0.2, -0.15) is 0 Å². The lowest BCUT2D eigenvalue weighted by Crippen LogP contribution is -2.32. The van der Waals surface area contributed by atoms with Crippen LogP contribution < -0.4 is 0 Å². The molecule has 1 heterocycles. The average molecular weight is 291 g/mol. The SMILES string of the molecule is Cc1nnc(CN(C)C[C@H](O)COCc2ccccc2)o1. The summed E-state index contributed by atoms with van der Waals surface area (Å²) in [5, 5.41) is 17.6. The zero-order chi connectivity index (χ0) is 15.1. The van der Waals surface area contributed by atoms with Gasteiger partial charge in [0.2, 0.25) is 11.8 Å². The summed E-state index contributed by atoms with van der Waals surface area (Å²) in [5.41, 5.74) is 1.10. The van der Waals surface area contributed by atoms with Crippen molar-refractivity contribution < 1.29 is 14.3 Å². The van der Waals surface area contributed by atoms with Crippen molar-refractivity contribution in [3.8, 4) is 0 Å². The first-order chi connectivity index (χ1) is 10.1. The maximum absolute atomic E-state index is 9.95. The highest BCUT2D eigenvalue weighted by Gasteiger charge is 2.11. The van der Waals surface area contributed by atoms with Gasteiger partial charge in [-0.25, -0.2) is 0 Å². The number of nitrogens with zero attached hydrogens (tertiary/aromatic N) is 3. The summed E-state index contributed by atoms with van der Waals surface area (Å²) in [6.45, 7) is 3.54. The van der Waals surface area contributed by atoms with Crippen LogP contribution in [-0.4, -0.2) is 46.5 Å². The predicted octanol–water partition coefficient (Wildman–Crippen LogP) is 1.39. The Labute approximate surface area is 124 Å². The van der Waals surface area contributed by atoms with E-state index in [0.29, 0.717) is 38.1 Å². The van der Waals surface area contributed by atoms with E-state index in [2.05, 4.69) is 10.2 Å². The Hall–Kier alpha value is -1.76. The van der Waals surface area contributed by atoms with E-state index in [1.54, 1.807) is 6.92 Å². The predicted molar refractivity (Wildman–Crippen MR) is 77.5 cm³/mol. The van der Waals surface area contributed by atoms with Crippen LogP contribution >= 0.6 is 0 Å². The summed E-state index contributed by atoms with van der Waals surface area (Å²) in [6, 6.07) is 9.89. The van der Waals surface area contributed by atoms with Gasteiger partial charge in [0.05, 0.1) is 25.9 Å². The van der Waals surface area contributed by atoms with Crippen LogP contribution in [0.3, 0.4) is 0 Å². The van der Waals surface area contributed by atoms with Crippen molar-refractivity contribution in [2.24, 2.45) is 0 Å². The first-order valence-electron chi connectivity index (χ1n) is 6.90. The molecule has 6 nitrogen and oxygen atoms in total. The smallest absolute Gasteiger partial charge is 0.230 e. The minimum Gasteiger partial charge on any atom is -0.424 e. The van der Waals surface area contributed by atoms with Crippen LogP contribution in [0, 0.1) is 6.92 Å². The summed E-state index contributed by atoms with van der Waals surface area (Å²) in [7, 11) is 1.89. The number of rotatable bonds is 8. The Balaban J connectivity index is 1.65. The Kier molecular flexibility index (Phi) is 5.86. The van der Waals surface area contributed by atoms with Crippen molar-refractivity contribution in [2.45, 2.75) is 26.2 Å². The Morgan fingerprint density at radius 2 is 2.05 bits per heavy atom. The Morgan fingerprint density at radius 1 is 1.29 bits per heavy atom. The molecule has 0 saturated carbocycles. The molecular weight excluding hydrogens is 270 g/mol. The van der Waals surface area contributed by atoms with Crippen molar-refractivity contribution in [3.63, 3.8) is 0 Å². The Morgan fingerprint density at radius 3 is 2.71 bits per heavy atom. The van der Waals surface area contributed by atoms with Crippen LogP contribution in [0.5, 0.6) is 0 Å². The molecule has 6 heteroatoms. The van der Waals surface area contributed by atoms with E-state index in [4.69, 9.17) is 9.15 Å². The second-order valence-electron chi connectivity index (χ2n) is 5.07. The van der Waals surface area contributed by atoms with E-state index in [9.17, 15) is 5.11 Å². The van der Waals surface area contributed by atoms with Gasteiger partial charge >= 0.3 is 0 Å². The van der Waals surface area contributed by atoms with Crippen LogP contribution in [0.2, 0.25) is 0 Å². The second kappa shape index (κ2) is 7.87. The zero-order valence-electron chi connectivity index (χ0n) is 12.4. The molecule has 0 amide bonds. The van der Waals surface area contributed by atoms with E-state index in [1.807, 2.05) is 42.3 Å². The van der Waals surface area contributed by atoms with Crippen molar-refractivity contribution >= 4 is 0 Å². The number of aliphatic hydroxyl groups is 1. The third-order valence-electron chi connectivity index (χ3n) is 2.92. The molecule has 0 fully saturated rings. The third kappa shape index (κ3) is 5.63. The molecule has 0 aliphatic rings. The summed E-state index contributed by atoms with van der Waals surface area (Å²) in [4.78, 5) is 1.92. The largest absolute Gasteiger partial charge is 0.424 e. The van der Waals surface area contributed by atoms with Crippen molar-refractivity contribution in [1.29, 1.82) is 0 Å². The lowest BCUT2D eigenvalue weighted by atomic mass is 10.2. The number of aromatic nitrogens is 2. The second-order valence-corrected chi connectivity index (χ2v) is 5.07. The van der Waals surface area contributed by atoms with E-state index in [-0.39, 0.29) is 0 Å². The minimum absolute atomic E-state index is 0.294. The molecule has 1 aromatic heterocycles. The lowest BCUT2D eigenvalue weighted by Gasteiger charge is -2.18. The average Bonchev–Trinajstić information content (AvgIpc) is 2.85. The highest BCUT2D eigenvalue weighted by molar-refractivity contribution is 5.13. The number of benzene rings is 1. The number of hydrogen-bond acceptors (Lipinski definition) is 6. The molecule has 0 aliphatic carbocycles. The van der Waals surface area contributed by atoms with E-state index in [1.165, 1.54) is 0 Å². The molecule has 2 aromatic rings. The molecular formula is C15H21N3O3. The standard InChI is InChI=1S/C15H21N3O3/c1-12-16-17-15(21-12)9-18(2)8-14(19)11-20-10-13-6-4-3-5-7-13/h3-7,14,19H,8-11H2,1-2H3/t14-/m0/s1. The fourth-order valence-corrected chi connectivity index (χ4v) is 2.00. The van der Waals surface area contributed by atoms with Gasteiger partial charge in [-0.3, -0.25) is 4.90 Å². The molecule has 1 aromatic carbocycles. The molecule has 114 valence electrons. The van der Waals surface area contributed by atoms with Gasteiger partial charge in [0, 0.05) is 13.5 Å². The van der Waals surface area contributed by atoms with Gasteiger partial charge in [0.15, 0.2) is 0 Å². The van der Waals surface area contributed by atoms with Crippen molar-refractivity contribution in [3.05, 3.63) is 47.7 Å². The summed E-state index contributed by atoms with van der Waals surface area (Å²) in [5.74, 6) is 1.09. The van der Waals surface area contributed by atoms with Crippen LogP contribution in [0.4, 0.5) is 0 Å². The van der Waals surface area contributed by atoms with E-state index >= 15 is 0 Å². The number of aryl methyl sites for hydroxylation is 1. The van der Waals surface area contributed by atoms with Crippen LogP contribution in [0.15, 0.2) is 34.7 Å². The van der Waals surface area contributed by atoms with E-state index in [0.717, 1.165) is 5.56 Å². The number of likely N-dealkylation sites (N-methyl/N-ethyl adjacent to an activating group) is 1. The normalized spacial score (nSPS) is 12.8. The van der Waals surface area contributed by atoms with Gasteiger partial charge in [0.1, 0.15) is 0 Å². The maximum atomic E-state index is 9.95. The highest BCUT2D eigenvalue weighted by atomic mass is 16.5. The monoisotopic (exact) mass is 291 g/mol. The van der Waals surface area contributed by atoms with Crippen LogP contribution in [0.1, 0.15) is 17.3 Å². The summed E-state index contributed by atoms with van der Waals surface area (Å²) < 4.78 is 10.8. The fraction of sp³-hybridized carbons (Fsp3) is 0.467. The third-order valence-corrected chi connectivity index (χ3v) is 2.92. The first kappa shape index (κ1) is 15.6. The molecule has 0 saturated heterocycles. The van der Waals surface area contributed by atoms with Gasteiger partial charge in [-0.15, -0.1) is 10.2 Å². The molecule has 0 unspecified atom stereocenters. The van der Waals surface area contributed by atoms with Crippen LogP contribution in [0.25, 0.3) is 0 Å². The molecule has 1 atom stereocenters. The van der Waals surface area contributed by atoms with Gasteiger partial charge < -0.3 is 14.3 Å². The van der Waals surface area contributed by atoms with Crippen LogP contribution in [-0.2, 0) is 17.9 Å². The zero-order valence-corrected chi connectivity index (χ0v) is 12.4. The topological polar surface area (TPSA) is 71.6 Å². The van der Waals surface area contributed by atoms with Crippen molar-refractivity contribution in [2.75, 3.05) is 20.2 Å². The molecule has 1 N–H and O–H groups in total. The Bertz CT molecular complexity index is 530. The highest BCUT2D eigenvalue weighted by Crippen LogP contribution is 2.04. The van der Waals surface area contributed by atoms with Gasteiger partial charge in [-0.1, -0.05) is 30.3 Å². The first-order valence-corrected chi connectivity index (χ1v) is 6.90. The quantitative estimate of drug-likeness (QED) is 0.792. The molecule has 21 heavy (non-hydrogen) atoms. The molecule has 0 radical (unpaired) electrons. The summed E-state index contributed by atoms with van der Waals surface area (Å²) in [6.07, 6.45) is -0.553. The maximum Gasteiger partial charge on any atom is 0.230 e. The minimum atomic E-state index is -0.553. The summed E-state index contributed by atoms with van der Waals surface area (Å²) >= 11 is 0.